The molecule has 0 aliphatic carbocycles. The average Bonchev–Trinajstić information content (AvgIpc) is 3.01. The molecule has 0 bridgehead atoms. The van der Waals surface area contributed by atoms with Crippen LogP contribution in [0.2, 0.25) is 0 Å². The van der Waals surface area contributed by atoms with E-state index in [0.717, 1.165) is 11.3 Å². The Labute approximate surface area is 131 Å². The van der Waals surface area contributed by atoms with Gasteiger partial charge in [0, 0.05) is 22.8 Å². The zero-order valence-corrected chi connectivity index (χ0v) is 12.9. The molecule has 0 fully saturated rings. The van der Waals surface area contributed by atoms with Crippen LogP contribution in [-0.4, -0.2) is 25.5 Å². The number of hydrogen-bond acceptors (Lipinski definition) is 6. The highest BCUT2D eigenvalue weighted by Gasteiger charge is 2.12. The maximum Gasteiger partial charge on any atom is 0.259 e. The molecule has 0 saturated carbocycles. The predicted octanol–water partition coefficient (Wildman–Crippen LogP) is 2.86. The Balaban J connectivity index is 1.84. The fourth-order valence-electron chi connectivity index (χ4n) is 2.05. The van der Waals surface area contributed by atoms with Crippen molar-refractivity contribution in [2.45, 2.75) is 13.8 Å². The molecule has 0 atom stereocenters. The standard InChI is InChI=1S/C15H13N5OS/c1-9-13(7-16-10(2)17-9)15(21)18-12-5-3-4-11(6-12)14-8-22-20-19-14/h3-8H,1-2H3,(H,18,21). The molecular weight excluding hydrogens is 298 g/mol. The van der Waals surface area contributed by atoms with Gasteiger partial charge in [0.05, 0.1) is 11.3 Å². The molecule has 3 rings (SSSR count). The number of nitrogens with one attached hydrogen (secondary N) is 1. The third-order valence-electron chi connectivity index (χ3n) is 3.12. The number of aromatic nitrogens is 4. The number of benzene rings is 1. The van der Waals surface area contributed by atoms with Gasteiger partial charge in [-0.2, -0.15) is 0 Å². The van der Waals surface area contributed by atoms with Crippen LogP contribution in [0.15, 0.2) is 35.8 Å². The van der Waals surface area contributed by atoms with E-state index in [1.54, 1.807) is 20.0 Å². The number of hydrogen-bond donors (Lipinski definition) is 1. The molecule has 2 heterocycles. The fraction of sp³-hybridized carbons (Fsp3) is 0.133. The lowest BCUT2D eigenvalue weighted by Gasteiger charge is -2.08. The Morgan fingerprint density at radius 2 is 2.14 bits per heavy atom. The fourth-order valence-corrected chi connectivity index (χ4v) is 2.52. The summed E-state index contributed by atoms with van der Waals surface area (Å²) in [6, 6.07) is 7.47. The summed E-state index contributed by atoms with van der Waals surface area (Å²) in [5.74, 6) is 0.415. The van der Waals surface area contributed by atoms with Gasteiger partial charge >= 0.3 is 0 Å². The van der Waals surface area contributed by atoms with E-state index >= 15 is 0 Å². The summed E-state index contributed by atoms with van der Waals surface area (Å²) in [5, 5.41) is 8.74. The van der Waals surface area contributed by atoms with E-state index < -0.39 is 0 Å². The summed E-state index contributed by atoms with van der Waals surface area (Å²) in [5.41, 5.74) is 3.51. The Bertz CT molecular complexity index is 817. The summed E-state index contributed by atoms with van der Waals surface area (Å²) < 4.78 is 3.84. The summed E-state index contributed by atoms with van der Waals surface area (Å²) in [6.07, 6.45) is 1.54. The van der Waals surface area contributed by atoms with Crippen molar-refractivity contribution in [3.05, 3.63) is 52.9 Å². The van der Waals surface area contributed by atoms with Crippen molar-refractivity contribution in [3.8, 4) is 11.3 Å². The normalized spacial score (nSPS) is 10.5. The van der Waals surface area contributed by atoms with Crippen LogP contribution >= 0.6 is 11.5 Å². The van der Waals surface area contributed by atoms with Crippen molar-refractivity contribution in [3.63, 3.8) is 0 Å². The molecule has 0 saturated heterocycles. The van der Waals surface area contributed by atoms with E-state index in [4.69, 9.17) is 0 Å². The number of nitrogens with zero attached hydrogens (tertiary/aromatic N) is 4. The molecule has 0 unspecified atom stereocenters. The number of rotatable bonds is 3. The van der Waals surface area contributed by atoms with Gasteiger partial charge in [-0.25, -0.2) is 9.97 Å². The summed E-state index contributed by atoms with van der Waals surface area (Å²) in [7, 11) is 0. The van der Waals surface area contributed by atoms with Crippen LogP contribution in [0.25, 0.3) is 11.3 Å². The van der Waals surface area contributed by atoms with Crippen LogP contribution in [-0.2, 0) is 0 Å². The highest BCUT2D eigenvalue weighted by atomic mass is 32.1. The Hall–Kier alpha value is -2.67. The lowest BCUT2D eigenvalue weighted by atomic mass is 10.1. The first kappa shape index (κ1) is 14.3. The molecule has 3 aromatic rings. The average molecular weight is 311 g/mol. The largest absolute Gasteiger partial charge is 0.322 e. The van der Waals surface area contributed by atoms with Crippen LogP contribution in [0.5, 0.6) is 0 Å². The molecule has 0 aliphatic rings. The van der Waals surface area contributed by atoms with Crippen LogP contribution in [0.1, 0.15) is 21.9 Å². The van der Waals surface area contributed by atoms with E-state index in [1.165, 1.54) is 11.5 Å². The van der Waals surface area contributed by atoms with Gasteiger partial charge in [-0.1, -0.05) is 16.6 Å². The highest BCUT2D eigenvalue weighted by molar-refractivity contribution is 7.03. The van der Waals surface area contributed by atoms with Crippen LogP contribution in [0, 0.1) is 13.8 Å². The zero-order valence-electron chi connectivity index (χ0n) is 12.1. The molecule has 1 aromatic carbocycles. The lowest BCUT2D eigenvalue weighted by Crippen LogP contribution is -2.15. The van der Waals surface area contributed by atoms with E-state index in [1.807, 2.05) is 29.6 Å². The number of amides is 1. The zero-order chi connectivity index (χ0) is 15.5. The topological polar surface area (TPSA) is 80.7 Å². The van der Waals surface area contributed by atoms with E-state index in [9.17, 15) is 4.79 Å². The van der Waals surface area contributed by atoms with Crippen molar-refractivity contribution in [1.29, 1.82) is 0 Å². The molecule has 1 amide bonds. The van der Waals surface area contributed by atoms with Crippen molar-refractivity contribution in [2.75, 3.05) is 5.32 Å². The van der Waals surface area contributed by atoms with Gasteiger partial charge in [-0.05, 0) is 37.5 Å². The van der Waals surface area contributed by atoms with Gasteiger partial charge in [0.25, 0.3) is 5.91 Å². The lowest BCUT2D eigenvalue weighted by molar-refractivity contribution is 0.102. The minimum Gasteiger partial charge on any atom is -0.322 e. The molecule has 110 valence electrons. The van der Waals surface area contributed by atoms with Gasteiger partial charge in [0.1, 0.15) is 11.5 Å². The van der Waals surface area contributed by atoms with Gasteiger partial charge in [0.2, 0.25) is 0 Å². The van der Waals surface area contributed by atoms with Crippen LogP contribution in [0.4, 0.5) is 5.69 Å². The summed E-state index contributed by atoms with van der Waals surface area (Å²) in [6.45, 7) is 3.58. The number of carbonyl (C=O) groups excluding carboxylic acids is 1. The van der Waals surface area contributed by atoms with Crippen molar-refractivity contribution >= 4 is 23.1 Å². The number of carbonyl (C=O) groups is 1. The first-order valence-corrected chi connectivity index (χ1v) is 7.46. The molecule has 0 aliphatic heterocycles. The van der Waals surface area contributed by atoms with E-state index in [-0.39, 0.29) is 5.91 Å². The van der Waals surface area contributed by atoms with E-state index in [0.29, 0.717) is 22.8 Å². The predicted molar refractivity (Wildman–Crippen MR) is 84.8 cm³/mol. The molecular formula is C15H13N5OS. The van der Waals surface area contributed by atoms with Gasteiger partial charge in [0.15, 0.2) is 0 Å². The molecule has 1 N–H and O–H groups in total. The first-order chi connectivity index (χ1) is 10.6. The monoisotopic (exact) mass is 311 g/mol. The van der Waals surface area contributed by atoms with Crippen molar-refractivity contribution in [1.82, 2.24) is 19.6 Å². The maximum absolute atomic E-state index is 12.3. The quantitative estimate of drug-likeness (QED) is 0.804. The maximum atomic E-state index is 12.3. The van der Waals surface area contributed by atoms with E-state index in [2.05, 4.69) is 24.9 Å². The number of aryl methyl sites for hydroxylation is 2. The third-order valence-corrected chi connectivity index (χ3v) is 3.63. The SMILES string of the molecule is Cc1ncc(C(=O)Nc2cccc(-c3csnn3)c2)c(C)n1. The molecule has 7 heteroatoms. The molecule has 22 heavy (non-hydrogen) atoms. The Morgan fingerprint density at radius 1 is 1.27 bits per heavy atom. The van der Waals surface area contributed by atoms with Gasteiger partial charge < -0.3 is 5.32 Å². The number of anilines is 1. The third kappa shape index (κ3) is 2.99. The summed E-state index contributed by atoms with van der Waals surface area (Å²) >= 11 is 1.29. The van der Waals surface area contributed by atoms with Crippen LogP contribution < -0.4 is 5.32 Å². The minimum atomic E-state index is -0.231. The second kappa shape index (κ2) is 5.98. The second-order valence-corrected chi connectivity index (χ2v) is 5.35. The molecule has 0 spiro atoms. The molecule has 0 radical (unpaired) electrons. The van der Waals surface area contributed by atoms with Crippen LogP contribution in [0.3, 0.4) is 0 Å². The Kier molecular flexibility index (Phi) is 3.88. The van der Waals surface area contributed by atoms with Crippen molar-refractivity contribution in [2.24, 2.45) is 0 Å². The molecule has 2 aromatic heterocycles. The van der Waals surface area contributed by atoms with Crippen molar-refractivity contribution < 1.29 is 4.79 Å². The molecule has 6 nitrogen and oxygen atoms in total. The van der Waals surface area contributed by atoms with Gasteiger partial charge in [-0.3, -0.25) is 4.79 Å². The second-order valence-electron chi connectivity index (χ2n) is 4.74. The smallest absolute Gasteiger partial charge is 0.259 e. The highest BCUT2D eigenvalue weighted by Crippen LogP contribution is 2.21. The first-order valence-electron chi connectivity index (χ1n) is 6.62. The minimum absolute atomic E-state index is 0.231. The summed E-state index contributed by atoms with van der Waals surface area (Å²) in [4.78, 5) is 20.6. The van der Waals surface area contributed by atoms with Gasteiger partial charge in [-0.15, -0.1) is 5.10 Å². The Morgan fingerprint density at radius 3 is 2.86 bits per heavy atom.